The van der Waals surface area contributed by atoms with Crippen LogP contribution >= 0.6 is 0 Å². The Kier molecular flexibility index (Phi) is 4.35. The third-order valence-electron chi connectivity index (χ3n) is 3.49. The van der Waals surface area contributed by atoms with Gasteiger partial charge in [0.25, 0.3) is 0 Å². The van der Waals surface area contributed by atoms with E-state index < -0.39 is 12.0 Å². The number of alkyl halides is 3. The molecule has 0 saturated heterocycles. The van der Waals surface area contributed by atoms with Gasteiger partial charge in [0.2, 0.25) is 5.82 Å². The Bertz CT molecular complexity index is 899. The monoisotopic (exact) mass is 349 g/mol. The van der Waals surface area contributed by atoms with E-state index in [-0.39, 0.29) is 17.1 Å². The number of anilines is 2. The van der Waals surface area contributed by atoms with Crippen molar-refractivity contribution in [1.29, 1.82) is 0 Å². The first kappa shape index (κ1) is 16.8. The van der Waals surface area contributed by atoms with Crippen LogP contribution in [0.15, 0.2) is 42.5 Å². The summed E-state index contributed by atoms with van der Waals surface area (Å²) < 4.78 is 49.8. The van der Waals surface area contributed by atoms with Crippen LogP contribution in [-0.4, -0.2) is 24.2 Å². The molecule has 0 saturated carbocycles. The zero-order valence-corrected chi connectivity index (χ0v) is 13.4. The van der Waals surface area contributed by atoms with Crippen LogP contribution < -0.4 is 14.8 Å². The summed E-state index contributed by atoms with van der Waals surface area (Å²) in [4.78, 5) is 7.28. The topological polar surface area (TPSA) is 56.3 Å². The summed E-state index contributed by atoms with van der Waals surface area (Å²) in [5, 5.41) is 3.28. The molecule has 2 aromatic carbocycles. The van der Waals surface area contributed by atoms with Crippen LogP contribution in [0.3, 0.4) is 0 Å². The van der Waals surface area contributed by atoms with Gasteiger partial charge in [-0.05, 0) is 18.2 Å². The van der Waals surface area contributed by atoms with Gasteiger partial charge in [-0.3, -0.25) is 0 Å². The largest absolute Gasteiger partial charge is 0.493 e. The van der Waals surface area contributed by atoms with Gasteiger partial charge in [-0.15, -0.1) is 0 Å². The van der Waals surface area contributed by atoms with Crippen LogP contribution in [0.4, 0.5) is 24.7 Å². The standard InChI is InChI=1S/C17H14F3N3O2/c1-24-13-8-11-12(9-14(13)25-2)22-16(17(18,19)20)23-15(11)21-10-6-4-3-5-7-10/h3-9H,1-2H3,(H,21,22,23). The first-order valence-corrected chi connectivity index (χ1v) is 7.25. The number of halogens is 3. The van der Waals surface area contributed by atoms with Gasteiger partial charge < -0.3 is 14.8 Å². The molecule has 0 aliphatic carbocycles. The van der Waals surface area contributed by atoms with E-state index >= 15 is 0 Å². The number of ether oxygens (including phenoxy) is 2. The molecule has 0 aliphatic heterocycles. The number of methoxy groups -OCH3 is 2. The molecule has 8 heteroatoms. The summed E-state index contributed by atoms with van der Waals surface area (Å²) in [5.41, 5.74) is 0.698. The number of nitrogens with zero attached hydrogens (tertiary/aromatic N) is 2. The van der Waals surface area contributed by atoms with Crippen molar-refractivity contribution in [3.05, 3.63) is 48.3 Å². The van der Waals surface area contributed by atoms with Crippen LogP contribution in [0.1, 0.15) is 5.82 Å². The number of hydrogen-bond acceptors (Lipinski definition) is 5. The normalized spacial score (nSPS) is 11.4. The molecule has 3 rings (SSSR count). The third-order valence-corrected chi connectivity index (χ3v) is 3.49. The SMILES string of the molecule is COc1cc2nc(C(F)(F)F)nc(Nc3ccccc3)c2cc1OC. The molecule has 0 atom stereocenters. The van der Waals surface area contributed by atoms with E-state index in [9.17, 15) is 13.2 Å². The first-order chi connectivity index (χ1) is 11.9. The van der Waals surface area contributed by atoms with E-state index in [1.54, 1.807) is 36.4 Å². The molecule has 5 nitrogen and oxygen atoms in total. The number of para-hydroxylation sites is 1. The molecule has 1 N–H and O–H groups in total. The van der Waals surface area contributed by atoms with Gasteiger partial charge in [0.05, 0.1) is 19.7 Å². The van der Waals surface area contributed by atoms with Crippen molar-refractivity contribution in [1.82, 2.24) is 9.97 Å². The molecule has 0 aliphatic rings. The van der Waals surface area contributed by atoms with Crippen molar-refractivity contribution in [3.63, 3.8) is 0 Å². The maximum absolute atomic E-state index is 13.2. The van der Waals surface area contributed by atoms with Crippen molar-refractivity contribution in [2.75, 3.05) is 19.5 Å². The van der Waals surface area contributed by atoms with Gasteiger partial charge in [0, 0.05) is 17.1 Å². The second-order valence-corrected chi connectivity index (χ2v) is 5.11. The Morgan fingerprint density at radius 3 is 2.16 bits per heavy atom. The summed E-state index contributed by atoms with van der Waals surface area (Å²) in [7, 11) is 2.84. The quantitative estimate of drug-likeness (QED) is 0.756. The average Bonchev–Trinajstić information content (AvgIpc) is 2.60. The third kappa shape index (κ3) is 3.42. The summed E-state index contributed by atoms with van der Waals surface area (Å²) in [6, 6.07) is 11.7. The second kappa shape index (κ2) is 6.46. The lowest BCUT2D eigenvalue weighted by atomic mass is 10.2. The van der Waals surface area contributed by atoms with Gasteiger partial charge in [-0.2, -0.15) is 13.2 Å². The minimum absolute atomic E-state index is 0.0319. The molecule has 0 bridgehead atoms. The van der Waals surface area contributed by atoms with Crippen LogP contribution in [0.5, 0.6) is 11.5 Å². The molecular weight excluding hydrogens is 335 g/mol. The van der Waals surface area contributed by atoms with Crippen molar-refractivity contribution >= 4 is 22.4 Å². The zero-order valence-electron chi connectivity index (χ0n) is 13.4. The van der Waals surface area contributed by atoms with E-state index in [1.807, 2.05) is 0 Å². The molecule has 1 aromatic heterocycles. The summed E-state index contributed by atoms with van der Waals surface area (Å²) >= 11 is 0. The van der Waals surface area contributed by atoms with E-state index in [4.69, 9.17) is 9.47 Å². The molecular formula is C17H14F3N3O2. The van der Waals surface area contributed by atoms with Gasteiger partial charge in [-0.25, -0.2) is 9.97 Å². The van der Waals surface area contributed by atoms with Crippen LogP contribution in [0, 0.1) is 0 Å². The van der Waals surface area contributed by atoms with Gasteiger partial charge in [0.1, 0.15) is 5.82 Å². The average molecular weight is 349 g/mol. The molecule has 0 spiro atoms. The molecule has 130 valence electrons. The molecule has 3 aromatic rings. The number of nitrogens with one attached hydrogen (secondary N) is 1. The van der Waals surface area contributed by atoms with Crippen molar-refractivity contribution in [2.45, 2.75) is 6.18 Å². The smallest absolute Gasteiger partial charge is 0.451 e. The summed E-state index contributed by atoms with van der Waals surface area (Å²) in [6.45, 7) is 0. The molecule has 1 heterocycles. The predicted octanol–water partition coefficient (Wildman–Crippen LogP) is 4.41. The first-order valence-electron chi connectivity index (χ1n) is 7.25. The van der Waals surface area contributed by atoms with E-state index in [2.05, 4.69) is 15.3 Å². The zero-order chi connectivity index (χ0) is 18.0. The van der Waals surface area contributed by atoms with E-state index in [1.165, 1.54) is 20.3 Å². The number of aromatic nitrogens is 2. The van der Waals surface area contributed by atoms with Crippen LogP contribution in [0.25, 0.3) is 10.9 Å². The fourth-order valence-electron chi connectivity index (χ4n) is 2.34. The highest BCUT2D eigenvalue weighted by atomic mass is 19.4. The number of rotatable bonds is 4. The van der Waals surface area contributed by atoms with Crippen molar-refractivity contribution < 1.29 is 22.6 Å². The Morgan fingerprint density at radius 1 is 0.920 bits per heavy atom. The molecule has 0 amide bonds. The molecule has 0 fully saturated rings. The molecule has 0 radical (unpaired) electrons. The van der Waals surface area contributed by atoms with Crippen molar-refractivity contribution in [2.24, 2.45) is 0 Å². The van der Waals surface area contributed by atoms with Crippen LogP contribution in [-0.2, 0) is 6.18 Å². The fourth-order valence-corrected chi connectivity index (χ4v) is 2.34. The van der Waals surface area contributed by atoms with Crippen LogP contribution in [0.2, 0.25) is 0 Å². The van der Waals surface area contributed by atoms with E-state index in [0.29, 0.717) is 16.8 Å². The van der Waals surface area contributed by atoms with Gasteiger partial charge in [0.15, 0.2) is 11.5 Å². The lowest BCUT2D eigenvalue weighted by Crippen LogP contribution is -2.13. The maximum Gasteiger partial charge on any atom is 0.451 e. The van der Waals surface area contributed by atoms with Gasteiger partial charge >= 0.3 is 6.18 Å². The van der Waals surface area contributed by atoms with E-state index in [0.717, 1.165) is 0 Å². The highest BCUT2D eigenvalue weighted by molar-refractivity contribution is 5.93. The predicted molar refractivity (Wildman–Crippen MR) is 87.4 cm³/mol. The Labute approximate surface area is 141 Å². The van der Waals surface area contributed by atoms with Gasteiger partial charge in [-0.1, -0.05) is 18.2 Å². The fraction of sp³-hybridized carbons (Fsp3) is 0.176. The van der Waals surface area contributed by atoms with Crippen molar-refractivity contribution in [3.8, 4) is 11.5 Å². The summed E-state index contributed by atoms with van der Waals surface area (Å²) in [6.07, 6.45) is -4.67. The highest BCUT2D eigenvalue weighted by Gasteiger charge is 2.35. The second-order valence-electron chi connectivity index (χ2n) is 5.11. The Hall–Kier alpha value is -3.03. The Balaban J connectivity index is 2.23. The minimum Gasteiger partial charge on any atom is -0.493 e. The number of hydrogen-bond donors (Lipinski definition) is 1. The summed E-state index contributed by atoms with van der Waals surface area (Å²) in [5.74, 6) is -0.544. The lowest BCUT2D eigenvalue weighted by molar-refractivity contribution is -0.144. The lowest BCUT2D eigenvalue weighted by Gasteiger charge is -2.14. The number of benzene rings is 2. The Morgan fingerprint density at radius 2 is 1.56 bits per heavy atom. The maximum atomic E-state index is 13.2. The minimum atomic E-state index is -4.67. The number of fused-ring (bicyclic) bond motifs is 1. The highest BCUT2D eigenvalue weighted by Crippen LogP contribution is 2.37. The molecule has 0 unspecified atom stereocenters. The molecule has 25 heavy (non-hydrogen) atoms.